The van der Waals surface area contributed by atoms with Crippen LogP contribution in [0.25, 0.3) is 0 Å². The van der Waals surface area contributed by atoms with E-state index in [2.05, 4.69) is 59.4 Å². The van der Waals surface area contributed by atoms with Gasteiger partial charge in [0.1, 0.15) is 3.70 Å². The van der Waals surface area contributed by atoms with Crippen LogP contribution in [-0.2, 0) is 5.41 Å². The fraction of sp³-hybridized carbons (Fsp3) is 0.400. The fourth-order valence-corrected chi connectivity index (χ4v) is 1.90. The summed E-state index contributed by atoms with van der Waals surface area (Å²) in [5.74, 6) is 0.898. The molecule has 2 rings (SSSR count). The minimum atomic E-state index is 0.0622. The molecule has 0 saturated heterocycles. The SMILES string of the molecule is CC1=Nc2nc(I)ccc2C1(C)C. The highest BCUT2D eigenvalue weighted by Gasteiger charge is 2.32. The Hall–Kier alpha value is -0.450. The van der Waals surface area contributed by atoms with E-state index in [1.54, 1.807) is 0 Å². The highest BCUT2D eigenvalue weighted by molar-refractivity contribution is 14.1. The second kappa shape index (κ2) is 2.77. The zero-order chi connectivity index (χ0) is 9.64. The molecule has 2 heterocycles. The van der Waals surface area contributed by atoms with Crippen LogP contribution in [0.5, 0.6) is 0 Å². The first-order valence-electron chi connectivity index (χ1n) is 4.24. The van der Waals surface area contributed by atoms with Crippen molar-refractivity contribution < 1.29 is 0 Å². The van der Waals surface area contributed by atoms with Gasteiger partial charge in [0.2, 0.25) is 0 Å². The Kier molecular flexibility index (Phi) is 1.94. The summed E-state index contributed by atoms with van der Waals surface area (Å²) in [5.41, 5.74) is 2.45. The predicted molar refractivity (Wildman–Crippen MR) is 62.7 cm³/mol. The third-order valence-electron chi connectivity index (χ3n) is 2.69. The molecule has 1 aromatic heterocycles. The van der Waals surface area contributed by atoms with Crippen LogP contribution in [0, 0.1) is 3.70 Å². The van der Waals surface area contributed by atoms with Gasteiger partial charge in [-0.2, -0.15) is 0 Å². The molecule has 1 aliphatic heterocycles. The van der Waals surface area contributed by atoms with Gasteiger partial charge in [0, 0.05) is 16.7 Å². The Balaban J connectivity index is 2.65. The maximum Gasteiger partial charge on any atom is 0.157 e. The van der Waals surface area contributed by atoms with Crippen LogP contribution >= 0.6 is 22.6 Å². The van der Waals surface area contributed by atoms with Crippen molar-refractivity contribution in [2.24, 2.45) is 4.99 Å². The van der Waals surface area contributed by atoms with Gasteiger partial charge in [-0.15, -0.1) is 0 Å². The van der Waals surface area contributed by atoms with E-state index >= 15 is 0 Å². The maximum absolute atomic E-state index is 4.47. The molecule has 0 saturated carbocycles. The number of rotatable bonds is 0. The van der Waals surface area contributed by atoms with Crippen molar-refractivity contribution in [2.45, 2.75) is 26.2 Å². The van der Waals surface area contributed by atoms with E-state index < -0.39 is 0 Å². The molecular formula is C10H11IN2. The Bertz CT molecular complexity index is 394. The molecule has 0 amide bonds. The second-order valence-electron chi connectivity index (χ2n) is 3.83. The van der Waals surface area contributed by atoms with Gasteiger partial charge < -0.3 is 0 Å². The minimum absolute atomic E-state index is 0.0622. The Morgan fingerprint density at radius 3 is 2.69 bits per heavy atom. The van der Waals surface area contributed by atoms with Crippen molar-refractivity contribution in [1.29, 1.82) is 0 Å². The lowest BCUT2D eigenvalue weighted by atomic mass is 9.83. The molecule has 13 heavy (non-hydrogen) atoms. The van der Waals surface area contributed by atoms with Gasteiger partial charge >= 0.3 is 0 Å². The molecule has 1 aliphatic rings. The molecule has 0 N–H and O–H groups in total. The van der Waals surface area contributed by atoms with Crippen molar-refractivity contribution in [3.8, 4) is 0 Å². The molecule has 0 bridgehead atoms. The number of pyridine rings is 1. The average Bonchev–Trinajstić information content (AvgIpc) is 2.23. The van der Waals surface area contributed by atoms with Crippen LogP contribution in [0.2, 0.25) is 0 Å². The van der Waals surface area contributed by atoms with Crippen molar-refractivity contribution in [3.63, 3.8) is 0 Å². The molecule has 1 aromatic rings. The number of halogens is 1. The lowest BCUT2D eigenvalue weighted by Crippen LogP contribution is -2.22. The van der Waals surface area contributed by atoms with E-state index in [0.29, 0.717) is 0 Å². The van der Waals surface area contributed by atoms with E-state index in [0.717, 1.165) is 15.2 Å². The molecular weight excluding hydrogens is 275 g/mol. The largest absolute Gasteiger partial charge is 0.237 e. The number of hydrogen-bond acceptors (Lipinski definition) is 2. The van der Waals surface area contributed by atoms with Gasteiger partial charge in [-0.1, -0.05) is 19.9 Å². The Labute approximate surface area is 91.6 Å². The molecule has 0 unspecified atom stereocenters. The zero-order valence-electron chi connectivity index (χ0n) is 7.93. The summed E-state index contributed by atoms with van der Waals surface area (Å²) >= 11 is 2.21. The third kappa shape index (κ3) is 1.29. The number of aliphatic imine (C=N–C) groups is 1. The lowest BCUT2D eigenvalue weighted by molar-refractivity contribution is 0.731. The predicted octanol–water partition coefficient (Wildman–Crippen LogP) is 3.07. The highest BCUT2D eigenvalue weighted by Crippen LogP contribution is 2.38. The van der Waals surface area contributed by atoms with Gasteiger partial charge in [0.15, 0.2) is 5.82 Å². The minimum Gasteiger partial charge on any atom is -0.237 e. The highest BCUT2D eigenvalue weighted by atomic mass is 127. The zero-order valence-corrected chi connectivity index (χ0v) is 10.1. The smallest absolute Gasteiger partial charge is 0.157 e. The summed E-state index contributed by atoms with van der Waals surface area (Å²) in [5, 5.41) is 0. The van der Waals surface area contributed by atoms with Crippen LogP contribution in [0.1, 0.15) is 26.3 Å². The van der Waals surface area contributed by atoms with Crippen LogP contribution in [-0.4, -0.2) is 10.7 Å². The van der Waals surface area contributed by atoms with Crippen molar-refractivity contribution in [3.05, 3.63) is 21.4 Å². The summed E-state index contributed by atoms with van der Waals surface area (Å²) in [6.07, 6.45) is 0. The van der Waals surface area contributed by atoms with Crippen molar-refractivity contribution in [2.75, 3.05) is 0 Å². The van der Waals surface area contributed by atoms with Crippen LogP contribution < -0.4 is 0 Å². The van der Waals surface area contributed by atoms with Gasteiger partial charge in [-0.05, 0) is 35.6 Å². The summed E-state index contributed by atoms with van der Waals surface area (Å²) in [7, 11) is 0. The molecule has 68 valence electrons. The molecule has 0 aromatic carbocycles. The Morgan fingerprint density at radius 2 is 2.00 bits per heavy atom. The van der Waals surface area contributed by atoms with Crippen LogP contribution in [0.15, 0.2) is 17.1 Å². The number of aromatic nitrogens is 1. The number of hydrogen-bond donors (Lipinski definition) is 0. The third-order valence-corrected chi connectivity index (χ3v) is 3.29. The normalized spacial score (nSPS) is 18.3. The first-order chi connectivity index (χ1) is 6.01. The van der Waals surface area contributed by atoms with Crippen LogP contribution in [0.3, 0.4) is 0 Å². The van der Waals surface area contributed by atoms with E-state index in [9.17, 15) is 0 Å². The molecule has 0 fully saturated rings. The van der Waals surface area contributed by atoms with E-state index in [1.165, 1.54) is 5.56 Å². The molecule has 2 nitrogen and oxygen atoms in total. The van der Waals surface area contributed by atoms with Gasteiger partial charge in [0.25, 0.3) is 0 Å². The second-order valence-corrected chi connectivity index (χ2v) is 4.93. The van der Waals surface area contributed by atoms with Crippen LogP contribution in [0.4, 0.5) is 5.82 Å². The summed E-state index contributed by atoms with van der Waals surface area (Å²) < 4.78 is 1.01. The van der Waals surface area contributed by atoms with Gasteiger partial charge in [-0.25, -0.2) is 9.98 Å². The summed E-state index contributed by atoms with van der Waals surface area (Å²) in [6.45, 7) is 6.44. The summed E-state index contributed by atoms with van der Waals surface area (Å²) in [6, 6.07) is 4.17. The van der Waals surface area contributed by atoms with E-state index in [-0.39, 0.29) is 5.41 Å². The van der Waals surface area contributed by atoms with Gasteiger partial charge in [-0.3, -0.25) is 0 Å². The standard InChI is InChI=1S/C10H11IN2/c1-6-10(2,3)7-4-5-8(11)13-9(7)12-6/h4-5H,1-3H3. The molecule has 0 atom stereocenters. The first-order valence-corrected chi connectivity index (χ1v) is 5.32. The Morgan fingerprint density at radius 1 is 1.31 bits per heavy atom. The monoisotopic (exact) mass is 286 g/mol. The molecule has 0 aliphatic carbocycles. The fourth-order valence-electron chi connectivity index (χ4n) is 1.49. The molecule has 0 radical (unpaired) electrons. The molecule has 0 spiro atoms. The topological polar surface area (TPSA) is 25.2 Å². The number of nitrogens with zero attached hydrogens (tertiary/aromatic N) is 2. The maximum atomic E-state index is 4.47. The lowest BCUT2D eigenvalue weighted by Gasteiger charge is -2.18. The molecule has 3 heteroatoms. The van der Waals surface area contributed by atoms with Crippen molar-refractivity contribution in [1.82, 2.24) is 4.98 Å². The summed E-state index contributed by atoms with van der Waals surface area (Å²) in [4.78, 5) is 8.87. The first kappa shape index (κ1) is 9.12. The van der Waals surface area contributed by atoms with E-state index in [4.69, 9.17) is 0 Å². The average molecular weight is 286 g/mol. The van der Waals surface area contributed by atoms with E-state index in [1.807, 2.05) is 6.07 Å². The quantitative estimate of drug-likeness (QED) is 0.531. The number of fused-ring (bicyclic) bond motifs is 1. The van der Waals surface area contributed by atoms with Gasteiger partial charge in [0.05, 0.1) is 0 Å². The van der Waals surface area contributed by atoms with Crippen molar-refractivity contribution >= 4 is 34.1 Å².